The van der Waals surface area contributed by atoms with Crippen LogP contribution in [0.3, 0.4) is 0 Å². The maximum atomic E-state index is 12.1. The first-order valence-corrected chi connectivity index (χ1v) is 7.16. The summed E-state index contributed by atoms with van der Waals surface area (Å²) in [6.45, 7) is 3.71. The predicted octanol–water partition coefficient (Wildman–Crippen LogP) is 3.90. The van der Waals surface area contributed by atoms with E-state index >= 15 is 0 Å². The molecular weight excluding hydrogens is 330 g/mol. The standard InChI is InChI=1S/C16H14BrN3O/c1-16(2,10-18)12-3-5-13(6-4-12)20-15(21)11-7-8-19-14(17)9-11/h3-9H,1-2H3,(H,20,21). The minimum Gasteiger partial charge on any atom is -0.322 e. The van der Waals surface area contributed by atoms with Crippen molar-refractivity contribution in [1.82, 2.24) is 4.98 Å². The molecule has 1 heterocycles. The lowest BCUT2D eigenvalue weighted by Crippen LogP contribution is -2.15. The molecule has 0 saturated carbocycles. The van der Waals surface area contributed by atoms with Crippen LogP contribution in [0.1, 0.15) is 29.8 Å². The number of benzene rings is 1. The van der Waals surface area contributed by atoms with Crippen molar-refractivity contribution in [3.05, 3.63) is 58.3 Å². The predicted molar refractivity (Wildman–Crippen MR) is 85.0 cm³/mol. The number of hydrogen-bond acceptors (Lipinski definition) is 3. The zero-order chi connectivity index (χ0) is 15.5. The van der Waals surface area contributed by atoms with Crippen LogP contribution in [0, 0.1) is 11.3 Å². The van der Waals surface area contributed by atoms with E-state index in [2.05, 4.69) is 32.3 Å². The maximum absolute atomic E-state index is 12.1. The highest BCUT2D eigenvalue weighted by atomic mass is 79.9. The molecule has 21 heavy (non-hydrogen) atoms. The lowest BCUT2D eigenvalue weighted by molar-refractivity contribution is 0.102. The van der Waals surface area contributed by atoms with Crippen molar-refractivity contribution in [3.63, 3.8) is 0 Å². The molecule has 0 atom stereocenters. The number of hydrogen-bond donors (Lipinski definition) is 1. The van der Waals surface area contributed by atoms with Crippen molar-refractivity contribution in [3.8, 4) is 6.07 Å². The highest BCUT2D eigenvalue weighted by Gasteiger charge is 2.19. The first-order chi connectivity index (χ1) is 9.92. The monoisotopic (exact) mass is 343 g/mol. The van der Waals surface area contributed by atoms with Gasteiger partial charge in [-0.05, 0) is 59.6 Å². The molecule has 5 heteroatoms. The Balaban J connectivity index is 2.14. The molecule has 4 nitrogen and oxygen atoms in total. The van der Waals surface area contributed by atoms with E-state index in [1.807, 2.05) is 26.0 Å². The fourth-order valence-corrected chi connectivity index (χ4v) is 2.15. The number of aromatic nitrogens is 1. The van der Waals surface area contributed by atoms with Gasteiger partial charge < -0.3 is 5.32 Å². The van der Waals surface area contributed by atoms with E-state index in [0.717, 1.165) is 5.56 Å². The Morgan fingerprint density at radius 2 is 1.95 bits per heavy atom. The Kier molecular flexibility index (Phi) is 4.39. The van der Waals surface area contributed by atoms with Crippen molar-refractivity contribution in [2.75, 3.05) is 5.32 Å². The second-order valence-corrected chi connectivity index (χ2v) is 5.95. The fourth-order valence-electron chi connectivity index (χ4n) is 1.78. The second-order valence-electron chi connectivity index (χ2n) is 5.14. The zero-order valence-corrected chi connectivity index (χ0v) is 13.3. The Hall–Kier alpha value is -2.19. The number of rotatable bonds is 3. The van der Waals surface area contributed by atoms with E-state index in [0.29, 0.717) is 15.9 Å². The summed E-state index contributed by atoms with van der Waals surface area (Å²) in [6, 6.07) is 12.8. The summed E-state index contributed by atoms with van der Waals surface area (Å²) >= 11 is 3.23. The van der Waals surface area contributed by atoms with Crippen LogP contribution in [0.4, 0.5) is 5.69 Å². The topological polar surface area (TPSA) is 65.8 Å². The third-order valence-corrected chi connectivity index (χ3v) is 3.57. The normalized spacial score (nSPS) is 10.8. The molecule has 0 spiro atoms. The minimum atomic E-state index is -0.543. The van der Waals surface area contributed by atoms with Crippen LogP contribution in [0.25, 0.3) is 0 Å². The van der Waals surface area contributed by atoms with Gasteiger partial charge in [-0.15, -0.1) is 0 Å². The number of amides is 1. The molecule has 1 aromatic carbocycles. The van der Waals surface area contributed by atoms with Crippen molar-refractivity contribution in [2.24, 2.45) is 0 Å². The van der Waals surface area contributed by atoms with E-state index in [4.69, 9.17) is 5.26 Å². The van der Waals surface area contributed by atoms with Gasteiger partial charge in [-0.25, -0.2) is 4.98 Å². The molecule has 106 valence electrons. The van der Waals surface area contributed by atoms with Gasteiger partial charge in [0, 0.05) is 17.4 Å². The molecule has 0 aliphatic carbocycles. The van der Waals surface area contributed by atoms with E-state index < -0.39 is 5.41 Å². The molecule has 0 radical (unpaired) electrons. The molecule has 0 bridgehead atoms. The summed E-state index contributed by atoms with van der Waals surface area (Å²) in [4.78, 5) is 16.1. The van der Waals surface area contributed by atoms with Gasteiger partial charge in [0.2, 0.25) is 0 Å². The van der Waals surface area contributed by atoms with E-state index in [1.165, 1.54) is 0 Å². The van der Waals surface area contributed by atoms with Crippen LogP contribution < -0.4 is 5.32 Å². The van der Waals surface area contributed by atoms with Gasteiger partial charge in [-0.2, -0.15) is 5.26 Å². The first kappa shape index (κ1) is 15.2. The summed E-state index contributed by atoms with van der Waals surface area (Å²) < 4.78 is 0.612. The van der Waals surface area contributed by atoms with Gasteiger partial charge in [0.1, 0.15) is 4.60 Å². The van der Waals surface area contributed by atoms with Crippen LogP contribution in [-0.4, -0.2) is 10.9 Å². The highest BCUT2D eigenvalue weighted by molar-refractivity contribution is 9.10. The fraction of sp³-hybridized carbons (Fsp3) is 0.188. The summed E-state index contributed by atoms with van der Waals surface area (Å²) in [6.07, 6.45) is 1.57. The maximum Gasteiger partial charge on any atom is 0.255 e. The summed E-state index contributed by atoms with van der Waals surface area (Å²) in [5, 5.41) is 11.9. The smallest absolute Gasteiger partial charge is 0.255 e. The average Bonchev–Trinajstić information content (AvgIpc) is 2.48. The third-order valence-electron chi connectivity index (χ3n) is 3.13. The lowest BCUT2D eigenvalue weighted by Gasteiger charge is -2.16. The minimum absolute atomic E-state index is 0.203. The van der Waals surface area contributed by atoms with Crippen LogP contribution in [0.15, 0.2) is 47.2 Å². The average molecular weight is 344 g/mol. The van der Waals surface area contributed by atoms with Crippen LogP contribution >= 0.6 is 15.9 Å². The van der Waals surface area contributed by atoms with Crippen molar-refractivity contribution in [2.45, 2.75) is 19.3 Å². The first-order valence-electron chi connectivity index (χ1n) is 6.37. The number of nitriles is 1. The summed E-state index contributed by atoms with van der Waals surface area (Å²) in [5.74, 6) is -0.203. The van der Waals surface area contributed by atoms with Gasteiger partial charge >= 0.3 is 0 Å². The molecule has 1 aromatic heterocycles. The zero-order valence-electron chi connectivity index (χ0n) is 11.7. The van der Waals surface area contributed by atoms with Crippen molar-refractivity contribution in [1.29, 1.82) is 5.26 Å². The van der Waals surface area contributed by atoms with E-state index in [1.54, 1.807) is 30.5 Å². The largest absolute Gasteiger partial charge is 0.322 e. The molecular formula is C16H14BrN3O. The molecule has 1 amide bonds. The Bertz CT molecular complexity index is 702. The van der Waals surface area contributed by atoms with E-state index in [-0.39, 0.29) is 5.91 Å². The van der Waals surface area contributed by atoms with Crippen LogP contribution in [0.2, 0.25) is 0 Å². The number of carbonyl (C=O) groups excluding carboxylic acids is 1. The highest BCUT2D eigenvalue weighted by Crippen LogP contribution is 2.23. The number of carbonyl (C=O) groups is 1. The number of pyridine rings is 1. The van der Waals surface area contributed by atoms with Crippen molar-refractivity contribution < 1.29 is 4.79 Å². The molecule has 2 rings (SSSR count). The number of nitrogens with one attached hydrogen (secondary N) is 1. The lowest BCUT2D eigenvalue weighted by atomic mass is 9.86. The molecule has 0 saturated heterocycles. The Labute approximate surface area is 132 Å². The van der Waals surface area contributed by atoms with Gasteiger partial charge in [0.25, 0.3) is 5.91 Å². The number of nitrogens with zero attached hydrogens (tertiary/aromatic N) is 2. The van der Waals surface area contributed by atoms with Gasteiger partial charge in [0.05, 0.1) is 11.5 Å². The Morgan fingerprint density at radius 3 is 2.52 bits per heavy atom. The molecule has 0 aliphatic heterocycles. The summed E-state index contributed by atoms with van der Waals surface area (Å²) in [7, 11) is 0. The van der Waals surface area contributed by atoms with Crippen LogP contribution in [-0.2, 0) is 5.41 Å². The second kappa shape index (κ2) is 6.06. The van der Waals surface area contributed by atoms with Gasteiger partial charge in [-0.1, -0.05) is 12.1 Å². The Morgan fingerprint density at radius 1 is 1.29 bits per heavy atom. The van der Waals surface area contributed by atoms with Gasteiger partial charge in [-0.3, -0.25) is 4.79 Å². The van der Waals surface area contributed by atoms with Gasteiger partial charge in [0.15, 0.2) is 0 Å². The SMILES string of the molecule is CC(C)(C#N)c1ccc(NC(=O)c2ccnc(Br)c2)cc1. The third kappa shape index (κ3) is 3.67. The summed E-state index contributed by atoms with van der Waals surface area (Å²) in [5.41, 5.74) is 1.58. The quantitative estimate of drug-likeness (QED) is 0.859. The molecule has 0 unspecified atom stereocenters. The number of halogens is 1. The molecule has 1 N–H and O–H groups in total. The van der Waals surface area contributed by atoms with E-state index in [9.17, 15) is 4.79 Å². The molecule has 2 aromatic rings. The van der Waals surface area contributed by atoms with Crippen molar-refractivity contribution >= 4 is 27.5 Å². The molecule has 0 aliphatic rings. The molecule has 0 fully saturated rings. The van der Waals surface area contributed by atoms with Crippen LogP contribution in [0.5, 0.6) is 0 Å². The number of anilines is 1.